The number of ether oxygens (including phenoxy) is 1. The molecule has 212 valence electrons. The largest absolute Gasteiger partial charge is 0.444 e. The van der Waals surface area contributed by atoms with E-state index in [4.69, 9.17) is 4.74 Å². The van der Waals surface area contributed by atoms with Gasteiger partial charge in [0.15, 0.2) is 5.60 Å². The first-order chi connectivity index (χ1) is 18.0. The molecule has 0 aliphatic carbocycles. The van der Waals surface area contributed by atoms with Crippen molar-refractivity contribution >= 4 is 27.9 Å². The topological polar surface area (TPSA) is 138 Å². The van der Waals surface area contributed by atoms with Crippen LogP contribution in [0.5, 0.6) is 0 Å². The third-order valence-corrected chi connectivity index (χ3v) is 7.52. The average molecular weight is 571 g/mol. The van der Waals surface area contributed by atoms with Crippen LogP contribution >= 0.6 is 0 Å². The van der Waals surface area contributed by atoms with Gasteiger partial charge in [0.2, 0.25) is 16.0 Å². The van der Waals surface area contributed by atoms with Crippen LogP contribution in [-0.4, -0.2) is 76.3 Å². The normalized spacial score (nSPS) is 18.5. The van der Waals surface area contributed by atoms with Crippen molar-refractivity contribution in [3.8, 4) is 11.8 Å². The highest BCUT2D eigenvalue weighted by molar-refractivity contribution is 7.89. The number of piperazine rings is 1. The molecule has 11 nitrogen and oxygen atoms in total. The highest BCUT2D eigenvalue weighted by Crippen LogP contribution is 2.38. The Morgan fingerprint density at radius 2 is 1.74 bits per heavy atom. The fourth-order valence-corrected chi connectivity index (χ4v) is 4.94. The summed E-state index contributed by atoms with van der Waals surface area (Å²) in [4.78, 5) is 25.4. The van der Waals surface area contributed by atoms with Crippen molar-refractivity contribution in [1.29, 1.82) is 0 Å². The molecule has 0 bridgehead atoms. The molecule has 3 heterocycles. The number of rotatable bonds is 5. The molecule has 2 aromatic heterocycles. The molecule has 39 heavy (non-hydrogen) atoms. The lowest BCUT2D eigenvalue weighted by atomic mass is 9.99. The second kappa shape index (κ2) is 10.9. The summed E-state index contributed by atoms with van der Waals surface area (Å²) in [6, 6.07) is 1.94. The molecule has 1 fully saturated rings. The lowest BCUT2D eigenvalue weighted by Gasteiger charge is -2.38. The van der Waals surface area contributed by atoms with Gasteiger partial charge in [0.1, 0.15) is 22.4 Å². The van der Waals surface area contributed by atoms with Crippen molar-refractivity contribution in [2.45, 2.75) is 62.9 Å². The highest BCUT2D eigenvalue weighted by Gasteiger charge is 2.51. The van der Waals surface area contributed by atoms with E-state index in [0.29, 0.717) is 6.92 Å². The molecule has 2 atom stereocenters. The van der Waals surface area contributed by atoms with Gasteiger partial charge in [0, 0.05) is 43.8 Å². The van der Waals surface area contributed by atoms with Gasteiger partial charge in [-0.05, 0) is 46.8 Å². The smallest absolute Gasteiger partial charge is 0.421 e. The molecule has 2 aromatic rings. The number of amides is 1. The number of hydrogen-bond acceptors (Lipinski definition) is 9. The lowest BCUT2D eigenvalue weighted by Crippen LogP contribution is -2.54. The standard InChI is InChI=1S/C24H29F3N6O5S/c1-6-7-17-15-32(10-11-33(17)20-29-12-16(13-30-20)23(5,35)24(25,26)27)39(36,37)18-8-9-19(28-14-18)31-21(34)38-22(2,3)4/h8-9,12-14,17,35H,10-11,15H2,1-5H3,(H,28,31,34). The van der Waals surface area contributed by atoms with Crippen LogP contribution < -0.4 is 10.2 Å². The summed E-state index contributed by atoms with van der Waals surface area (Å²) in [5, 5.41) is 12.3. The van der Waals surface area contributed by atoms with Crippen molar-refractivity contribution < 1.29 is 36.2 Å². The minimum absolute atomic E-state index is 0.00746. The third kappa shape index (κ3) is 6.94. The Morgan fingerprint density at radius 1 is 1.10 bits per heavy atom. The van der Waals surface area contributed by atoms with Gasteiger partial charge in [-0.1, -0.05) is 5.92 Å². The van der Waals surface area contributed by atoms with E-state index < -0.39 is 45.1 Å². The number of carbonyl (C=O) groups excluding carboxylic acids is 1. The van der Waals surface area contributed by atoms with Crippen molar-refractivity contribution in [3.63, 3.8) is 0 Å². The number of carbonyl (C=O) groups is 1. The number of sulfonamides is 1. The molecule has 0 radical (unpaired) electrons. The van der Waals surface area contributed by atoms with E-state index in [1.807, 2.05) is 0 Å². The van der Waals surface area contributed by atoms with E-state index >= 15 is 0 Å². The summed E-state index contributed by atoms with van der Waals surface area (Å²) in [5.41, 5.74) is -4.38. The van der Waals surface area contributed by atoms with E-state index in [1.54, 1.807) is 32.6 Å². The van der Waals surface area contributed by atoms with Crippen LogP contribution in [0.4, 0.5) is 29.7 Å². The minimum Gasteiger partial charge on any atom is -0.444 e. The van der Waals surface area contributed by atoms with Crippen molar-refractivity contribution in [3.05, 3.63) is 36.3 Å². The first-order valence-electron chi connectivity index (χ1n) is 11.7. The summed E-state index contributed by atoms with van der Waals surface area (Å²) in [5.74, 6) is 5.76. The van der Waals surface area contributed by atoms with Crippen LogP contribution in [0.1, 0.15) is 40.2 Å². The van der Waals surface area contributed by atoms with Gasteiger partial charge < -0.3 is 14.7 Å². The Balaban J connectivity index is 1.76. The number of alkyl halides is 3. The van der Waals surface area contributed by atoms with Gasteiger partial charge in [-0.3, -0.25) is 5.32 Å². The summed E-state index contributed by atoms with van der Waals surface area (Å²) >= 11 is 0. The maximum atomic E-state index is 13.3. The van der Waals surface area contributed by atoms with E-state index in [1.165, 1.54) is 16.4 Å². The average Bonchev–Trinajstić information content (AvgIpc) is 2.83. The van der Waals surface area contributed by atoms with E-state index in [-0.39, 0.29) is 36.3 Å². The Morgan fingerprint density at radius 3 is 2.26 bits per heavy atom. The fourth-order valence-electron chi connectivity index (χ4n) is 3.55. The number of anilines is 2. The number of nitrogens with zero attached hydrogens (tertiary/aromatic N) is 5. The lowest BCUT2D eigenvalue weighted by molar-refractivity contribution is -0.259. The Labute approximate surface area is 224 Å². The van der Waals surface area contributed by atoms with Crippen LogP contribution in [0.25, 0.3) is 0 Å². The van der Waals surface area contributed by atoms with Crippen LogP contribution in [0, 0.1) is 11.8 Å². The SMILES string of the molecule is CC#CC1CN(S(=O)(=O)c2ccc(NC(=O)OC(C)(C)C)nc2)CCN1c1ncc(C(C)(O)C(F)(F)F)cn1. The van der Waals surface area contributed by atoms with Crippen LogP contribution in [0.15, 0.2) is 35.6 Å². The molecule has 0 spiro atoms. The van der Waals surface area contributed by atoms with Gasteiger partial charge in [0.25, 0.3) is 0 Å². The van der Waals surface area contributed by atoms with Crippen LogP contribution in [0.2, 0.25) is 0 Å². The maximum Gasteiger partial charge on any atom is 0.421 e. The molecule has 1 saturated heterocycles. The van der Waals surface area contributed by atoms with Crippen LogP contribution in [-0.2, 0) is 20.4 Å². The van der Waals surface area contributed by atoms with Gasteiger partial charge in [0.05, 0.1) is 0 Å². The maximum absolute atomic E-state index is 13.3. The van der Waals surface area contributed by atoms with E-state index in [0.717, 1.165) is 18.6 Å². The van der Waals surface area contributed by atoms with Gasteiger partial charge in [-0.25, -0.2) is 28.2 Å². The van der Waals surface area contributed by atoms with E-state index in [2.05, 4.69) is 32.1 Å². The molecule has 1 amide bonds. The van der Waals surface area contributed by atoms with E-state index in [9.17, 15) is 31.5 Å². The zero-order valence-corrected chi connectivity index (χ0v) is 22.8. The Bertz CT molecular complexity index is 1350. The minimum atomic E-state index is -4.92. The number of nitrogens with one attached hydrogen (secondary N) is 1. The molecule has 0 saturated carbocycles. The van der Waals surface area contributed by atoms with Crippen molar-refractivity contribution in [2.24, 2.45) is 0 Å². The monoisotopic (exact) mass is 570 g/mol. The summed E-state index contributed by atoms with van der Waals surface area (Å²) in [6.07, 6.45) is -2.78. The molecule has 3 rings (SSSR count). The predicted octanol–water partition coefficient (Wildman–Crippen LogP) is 2.89. The quantitative estimate of drug-likeness (QED) is 0.520. The molecule has 15 heteroatoms. The second-order valence-electron chi connectivity index (χ2n) is 9.81. The first-order valence-corrected chi connectivity index (χ1v) is 13.2. The zero-order chi connectivity index (χ0) is 29.2. The summed E-state index contributed by atoms with van der Waals surface area (Å²) in [7, 11) is -4.00. The molecular formula is C24H29F3N6O5S. The first kappa shape index (κ1) is 30.1. The van der Waals surface area contributed by atoms with Crippen molar-refractivity contribution in [1.82, 2.24) is 19.3 Å². The molecule has 1 aliphatic rings. The van der Waals surface area contributed by atoms with Gasteiger partial charge in [-0.15, -0.1) is 5.92 Å². The summed E-state index contributed by atoms with van der Waals surface area (Å²) in [6.45, 7) is 7.30. The summed E-state index contributed by atoms with van der Waals surface area (Å²) < 4.78 is 72.4. The molecule has 0 aromatic carbocycles. The predicted molar refractivity (Wildman–Crippen MR) is 135 cm³/mol. The second-order valence-corrected chi connectivity index (χ2v) is 11.8. The molecule has 1 aliphatic heterocycles. The van der Waals surface area contributed by atoms with Gasteiger partial charge in [-0.2, -0.15) is 17.5 Å². The molecule has 2 unspecified atom stereocenters. The number of aromatic nitrogens is 3. The molecular weight excluding hydrogens is 541 g/mol. The Hall–Kier alpha value is -3.48. The van der Waals surface area contributed by atoms with Gasteiger partial charge >= 0.3 is 12.3 Å². The molecule has 2 N–H and O–H groups in total. The van der Waals surface area contributed by atoms with Crippen LogP contribution in [0.3, 0.4) is 0 Å². The number of aliphatic hydroxyl groups is 1. The number of halogens is 3. The fraction of sp³-hybridized carbons (Fsp3) is 0.500. The highest BCUT2D eigenvalue weighted by atomic mass is 32.2. The number of hydrogen-bond donors (Lipinski definition) is 2. The Kier molecular flexibility index (Phi) is 8.44. The van der Waals surface area contributed by atoms with Crippen molar-refractivity contribution in [2.75, 3.05) is 29.9 Å². The number of pyridine rings is 1. The third-order valence-electron chi connectivity index (χ3n) is 5.67. The zero-order valence-electron chi connectivity index (χ0n) is 21.9.